The van der Waals surface area contributed by atoms with Crippen LogP contribution in [0.3, 0.4) is 0 Å². The molecule has 26 heavy (non-hydrogen) atoms. The summed E-state index contributed by atoms with van der Waals surface area (Å²) in [6.07, 6.45) is -4.35. The lowest BCUT2D eigenvalue weighted by atomic mass is 10.1. The average Bonchev–Trinajstić information content (AvgIpc) is 2.61. The zero-order valence-electron chi connectivity index (χ0n) is 14.6. The molecular weight excluding hydrogens is 359 g/mol. The molecule has 0 radical (unpaired) electrons. The molecule has 1 rings (SSSR count). The standard InChI is InChI=1S/C16H20F3NO6/c1-23-11-6-10(7-12(24-2)15(11)25-3)4-5-14(22)26-8-13(21)20-9-16(17,18)19/h6-7H,4-5,8-9H2,1-3H3,(H,20,21). The minimum absolute atomic E-state index is 0.0782. The Hall–Kier alpha value is -2.65. The van der Waals surface area contributed by atoms with Crippen LogP contribution in [0.2, 0.25) is 0 Å². The van der Waals surface area contributed by atoms with Crippen LogP contribution in [0.15, 0.2) is 12.1 Å². The lowest BCUT2D eigenvalue weighted by molar-refractivity contribution is -0.151. The minimum atomic E-state index is -4.52. The van der Waals surface area contributed by atoms with E-state index in [1.807, 2.05) is 0 Å². The second-order valence-electron chi connectivity index (χ2n) is 5.09. The van der Waals surface area contributed by atoms with Crippen molar-refractivity contribution in [1.82, 2.24) is 5.32 Å². The lowest BCUT2D eigenvalue weighted by Gasteiger charge is -2.14. The first-order valence-corrected chi connectivity index (χ1v) is 7.48. The second-order valence-corrected chi connectivity index (χ2v) is 5.09. The number of aryl methyl sites for hydroxylation is 1. The Morgan fingerprint density at radius 1 is 1.04 bits per heavy atom. The number of benzene rings is 1. The minimum Gasteiger partial charge on any atom is -0.493 e. The fourth-order valence-electron chi connectivity index (χ4n) is 1.99. The zero-order valence-corrected chi connectivity index (χ0v) is 14.6. The molecule has 0 aliphatic rings. The van der Waals surface area contributed by atoms with Crippen LogP contribution in [0.5, 0.6) is 17.2 Å². The van der Waals surface area contributed by atoms with E-state index in [4.69, 9.17) is 14.2 Å². The van der Waals surface area contributed by atoms with Crippen LogP contribution in [0.1, 0.15) is 12.0 Å². The van der Waals surface area contributed by atoms with E-state index >= 15 is 0 Å². The fraction of sp³-hybridized carbons (Fsp3) is 0.500. The van der Waals surface area contributed by atoms with Crippen molar-refractivity contribution in [2.45, 2.75) is 19.0 Å². The molecule has 7 nitrogen and oxygen atoms in total. The van der Waals surface area contributed by atoms with Gasteiger partial charge in [0, 0.05) is 6.42 Å². The number of amides is 1. The first kappa shape index (κ1) is 21.4. The summed E-state index contributed by atoms with van der Waals surface area (Å²) in [6, 6.07) is 3.31. The normalized spacial score (nSPS) is 10.8. The number of carbonyl (C=O) groups excluding carboxylic acids is 2. The van der Waals surface area contributed by atoms with E-state index in [9.17, 15) is 22.8 Å². The summed E-state index contributed by atoms with van der Waals surface area (Å²) in [5.74, 6) is -0.504. The van der Waals surface area contributed by atoms with Crippen LogP contribution in [0, 0.1) is 0 Å². The highest BCUT2D eigenvalue weighted by molar-refractivity contribution is 5.80. The Bertz CT molecular complexity index is 608. The molecule has 0 unspecified atom stereocenters. The van der Waals surface area contributed by atoms with Crippen molar-refractivity contribution >= 4 is 11.9 Å². The van der Waals surface area contributed by atoms with Crippen LogP contribution >= 0.6 is 0 Å². The quantitative estimate of drug-likeness (QED) is 0.660. The molecule has 0 bridgehead atoms. The van der Waals surface area contributed by atoms with Crippen molar-refractivity contribution in [2.75, 3.05) is 34.5 Å². The lowest BCUT2D eigenvalue weighted by Crippen LogP contribution is -2.36. The van der Waals surface area contributed by atoms with Crippen LogP contribution < -0.4 is 19.5 Å². The molecule has 0 aliphatic heterocycles. The third kappa shape index (κ3) is 7.08. The Morgan fingerprint density at radius 2 is 1.62 bits per heavy atom. The van der Waals surface area contributed by atoms with Gasteiger partial charge in [-0.1, -0.05) is 0 Å². The maximum absolute atomic E-state index is 11.9. The van der Waals surface area contributed by atoms with Crippen molar-refractivity contribution in [3.8, 4) is 17.2 Å². The third-order valence-corrected chi connectivity index (χ3v) is 3.19. The van der Waals surface area contributed by atoms with E-state index in [1.165, 1.54) is 21.3 Å². The van der Waals surface area contributed by atoms with Crippen LogP contribution in [0.4, 0.5) is 13.2 Å². The van der Waals surface area contributed by atoms with Crippen molar-refractivity contribution in [2.24, 2.45) is 0 Å². The summed E-state index contributed by atoms with van der Waals surface area (Å²) in [4.78, 5) is 22.8. The third-order valence-electron chi connectivity index (χ3n) is 3.19. The summed E-state index contributed by atoms with van der Waals surface area (Å²) in [6.45, 7) is -2.25. The number of esters is 1. The van der Waals surface area contributed by atoms with Crippen molar-refractivity contribution in [3.63, 3.8) is 0 Å². The number of rotatable bonds is 9. The van der Waals surface area contributed by atoms with E-state index in [2.05, 4.69) is 4.74 Å². The summed E-state index contributed by atoms with van der Waals surface area (Å²) in [5, 5.41) is 1.61. The van der Waals surface area contributed by atoms with E-state index in [0.29, 0.717) is 22.8 Å². The van der Waals surface area contributed by atoms with Gasteiger partial charge in [-0.15, -0.1) is 0 Å². The summed E-state index contributed by atoms with van der Waals surface area (Å²) < 4.78 is 56.1. The molecular formula is C16H20F3NO6. The number of ether oxygens (including phenoxy) is 4. The highest BCUT2D eigenvalue weighted by Gasteiger charge is 2.27. The van der Waals surface area contributed by atoms with Gasteiger partial charge in [0.25, 0.3) is 5.91 Å². The number of nitrogens with one attached hydrogen (secondary N) is 1. The van der Waals surface area contributed by atoms with Gasteiger partial charge < -0.3 is 24.3 Å². The summed E-state index contributed by atoms with van der Waals surface area (Å²) in [5.41, 5.74) is 0.693. The fourth-order valence-corrected chi connectivity index (χ4v) is 1.99. The molecule has 0 saturated heterocycles. The second kappa shape index (κ2) is 9.73. The molecule has 10 heteroatoms. The van der Waals surface area contributed by atoms with E-state index in [0.717, 1.165) is 0 Å². The summed E-state index contributed by atoms with van der Waals surface area (Å²) in [7, 11) is 4.37. The molecule has 0 aromatic heterocycles. The van der Waals surface area contributed by atoms with Gasteiger partial charge in [0.15, 0.2) is 18.1 Å². The average molecular weight is 379 g/mol. The number of methoxy groups -OCH3 is 3. The molecule has 1 aromatic carbocycles. The number of hydrogen-bond donors (Lipinski definition) is 1. The molecule has 146 valence electrons. The van der Waals surface area contributed by atoms with Crippen molar-refractivity contribution < 1.29 is 41.7 Å². The van der Waals surface area contributed by atoms with Gasteiger partial charge in [0.1, 0.15) is 6.54 Å². The highest BCUT2D eigenvalue weighted by Crippen LogP contribution is 2.38. The van der Waals surface area contributed by atoms with Gasteiger partial charge in [-0.25, -0.2) is 0 Å². The SMILES string of the molecule is COc1cc(CCC(=O)OCC(=O)NCC(F)(F)F)cc(OC)c1OC. The number of alkyl halides is 3. The van der Waals surface area contributed by atoms with Crippen LogP contribution in [-0.2, 0) is 20.7 Å². The first-order chi connectivity index (χ1) is 12.2. The molecule has 1 amide bonds. The molecule has 1 N–H and O–H groups in total. The Morgan fingerprint density at radius 3 is 2.08 bits per heavy atom. The van der Waals surface area contributed by atoms with Crippen molar-refractivity contribution in [3.05, 3.63) is 17.7 Å². The summed E-state index contributed by atoms with van der Waals surface area (Å²) >= 11 is 0. The van der Waals surface area contributed by atoms with E-state index in [1.54, 1.807) is 17.4 Å². The molecule has 0 aliphatic carbocycles. The maximum atomic E-state index is 11.9. The smallest absolute Gasteiger partial charge is 0.405 e. The largest absolute Gasteiger partial charge is 0.493 e. The van der Waals surface area contributed by atoms with Gasteiger partial charge in [-0.2, -0.15) is 13.2 Å². The predicted molar refractivity (Wildman–Crippen MR) is 84.4 cm³/mol. The first-order valence-electron chi connectivity index (χ1n) is 7.48. The van der Waals surface area contributed by atoms with Gasteiger partial charge in [0.05, 0.1) is 21.3 Å². The Balaban J connectivity index is 2.53. The van der Waals surface area contributed by atoms with E-state index < -0.39 is 31.2 Å². The zero-order chi connectivity index (χ0) is 19.7. The molecule has 0 atom stereocenters. The van der Waals surface area contributed by atoms with Gasteiger partial charge in [0.2, 0.25) is 5.75 Å². The molecule has 0 saturated carbocycles. The van der Waals surface area contributed by atoms with Gasteiger partial charge in [-0.3, -0.25) is 9.59 Å². The monoisotopic (exact) mass is 379 g/mol. The molecule has 0 fully saturated rings. The number of carbonyl (C=O) groups is 2. The maximum Gasteiger partial charge on any atom is 0.405 e. The van der Waals surface area contributed by atoms with E-state index in [-0.39, 0.29) is 12.8 Å². The topological polar surface area (TPSA) is 83.1 Å². The van der Waals surface area contributed by atoms with Crippen LogP contribution in [0.25, 0.3) is 0 Å². The van der Waals surface area contributed by atoms with Gasteiger partial charge in [-0.05, 0) is 24.1 Å². The predicted octanol–water partition coefficient (Wildman–Crippen LogP) is 1.87. The Kier molecular flexibility index (Phi) is 8.01. The number of halogens is 3. The number of hydrogen-bond acceptors (Lipinski definition) is 6. The van der Waals surface area contributed by atoms with Crippen LogP contribution in [-0.4, -0.2) is 52.5 Å². The molecule has 0 spiro atoms. The van der Waals surface area contributed by atoms with Crippen molar-refractivity contribution in [1.29, 1.82) is 0 Å². The van der Waals surface area contributed by atoms with Gasteiger partial charge >= 0.3 is 12.1 Å². The highest BCUT2D eigenvalue weighted by atomic mass is 19.4. The molecule has 0 heterocycles. The molecule has 1 aromatic rings. The Labute approximate surface area is 148 Å².